The number of hydrogen-bond donors (Lipinski definition) is 0. The summed E-state index contributed by atoms with van der Waals surface area (Å²) in [5, 5.41) is 8.96. The van der Waals surface area contributed by atoms with Crippen LogP contribution >= 0.6 is 23.2 Å². The molecule has 0 saturated heterocycles. The van der Waals surface area contributed by atoms with Crippen molar-refractivity contribution >= 4 is 34.7 Å². The Morgan fingerprint density at radius 1 is 1.00 bits per heavy atom. The van der Waals surface area contributed by atoms with Crippen LogP contribution in [0.2, 0.25) is 0 Å². The SMILES string of the molecule is O=C(c1ccc([N+](=O)[O-])cc1)[C@H](Cl)[C@H](Cl)c1ccccc1. The number of carbonyl (C=O) groups is 1. The van der Waals surface area contributed by atoms with Gasteiger partial charge in [0, 0.05) is 17.7 Å². The van der Waals surface area contributed by atoms with Crippen LogP contribution in [0.1, 0.15) is 21.3 Å². The summed E-state index contributed by atoms with van der Waals surface area (Å²) in [6.07, 6.45) is 0. The summed E-state index contributed by atoms with van der Waals surface area (Å²) >= 11 is 12.4. The zero-order valence-corrected chi connectivity index (χ0v) is 12.3. The molecule has 0 aromatic heterocycles. The lowest BCUT2D eigenvalue weighted by Gasteiger charge is -2.15. The van der Waals surface area contributed by atoms with E-state index in [4.69, 9.17) is 23.2 Å². The zero-order chi connectivity index (χ0) is 15.4. The number of nitro groups is 1. The average Bonchev–Trinajstić information content (AvgIpc) is 2.53. The van der Waals surface area contributed by atoms with Gasteiger partial charge in [-0.2, -0.15) is 0 Å². The molecule has 0 aliphatic carbocycles. The molecule has 0 unspecified atom stereocenters. The Morgan fingerprint density at radius 2 is 1.57 bits per heavy atom. The first-order valence-electron chi connectivity index (χ1n) is 6.12. The number of halogens is 2. The molecule has 0 fully saturated rings. The molecule has 2 rings (SSSR count). The standard InChI is InChI=1S/C15H11Cl2NO3/c16-13(10-4-2-1-3-5-10)14(17)15(19)11-6-8-12(9-7-11)18(20)21/h1-9,13-14H/t13-,14-/m1/s1. The van der Waals surface area contributed by atoms with Crippen molar-refractivity contribution in [1.29, 1.82) is 0 Å². The Kier molecular flexibility index (Phi) is 4.94. The molecule has 108 valence electrons. The van der Waals surface area contributed by atoms with Crippen LogP contribution in [0.15, 0.2) is 54.6 Å². The van der Waals surface area contributed by atoms with E-state index in [1.165, 1.54) is 24.3 Å². The van der Waals surface area contributed by atoms with Crippen LogP contribution in [-0.4, -0.2) is 16.1 Å². The molecule has 6 heteroatoms. The van der Waals surface area contributed by atoms with E-state index in [9.17, 15) is 14.9 Å². The van der Waals surface area contributed by atoms with Gasteiger partial charge in [0.25, 0.3) is 5.69 Å². The fourth-order valence-electron chi connectivity index (χ4n) is 1.85. The quantitative estimate of drug-likeness (QED) is 0.355. The summed E-state index contributed by atoms with van der Waals surface area (Å²) in [5.74, 6) is -0.365. The molecule has 0 aliphatic heterocycles. The minimum absolute atomic E-state index is 0.0804. The Labute approximate surface area is 131 Å². The van der Waals surface area contributed by atoms with E-state index < -0.39 is 15.7 Å². The van der Waals surface area contributed by atoms with Gasteiger partial charge >= 0.3 is 0 Å². The minimum atomic E-state index is -0.949. The number of ketones is 1. The number of nitrogens with zero attached hydrogens (tertiary/aromatic N) is 1. The Hall–Kier alpha value is -1.91. The summed E-state index contributed by atoms with van der Waals surface area (Å²) in [4.78, 5) is 22.3. The van der Waals surface area contributed by atoms with E-state index in [-0.39, 0.29) is 11.5 Å². The molecule has 0 N–H and O–H groups in total. The van der Waals surface area contributed by atoms with Gasteiger partial charge in [-0.25, -0.2) is 0 Å². The van der Waals surface area contributed by atoms with Crippen molar-refractivity contribution in [2.24, 2.45) is 0 Å². The van der Waals surface area contributed by atoms with E-state index in [0.29, 0.717) is 5.56 Å². The van der Waals surface area contributed by atoms with Crippen LogP contribution in [-0.2, 0) is 0 Å². The highest BCUT2D eigenvalue weighted by atomic mass is 35.5. The van der Waals surface area contributed by atoms with E-state index in [0.717, 1.165) is 5.56 Å². The predicted octanol–water partition coefficient (Wildman–Crippen LogP) is 4.37. The molecular weight excluding hydrogens is 313 g/mol. The second-order valence-electron chi connectivity index (χ2n) is 4.38. The first-order chi connectivity index (χ1) is 10.0. The number of nitro benzene ring substituents is 1. The Bertz CT molecular complexity index is 644. The summed E-state index contributed by atoms with van der Waals surface area (Å²) < 4.78 is 0. The highest BCUT2D eigenvalue weighted by Gasteiger charge is 2.27. The maximum atomic E-state index is 12.3. The minimum Gasteiger partial charge on any atom is -0.292 e. The number of benzene rings is 2. The largest absolute Gasteiger partial charge is 0.292 e. The molecule has 2 atom stereocenters. The molecule has 4 nitrogen and oxygen atoms in total. The van der Waals surface area contributed by atoms with Crippen LogP contribution in [0.3, 0.4) is 0 Å². The number of carbonyl (C=O) groups excluding carboxylic acids is 1. The summed E-state index contributed by atoms with van der Waals surface area (Å²) in [7, 11) is 0. The third-order valence-electron chi connectivity index (χ3n) is 2.99. The number of alkyl halides is 2. The third-order valence-corrected chi connectivity index (χ3v) is 4.07. The Balaban J connectivity index is 2.17. The first kappa shape index (κ1) is 15.5. The van der Waals surface area contributed by atoms with Gasteiger partial charge in [0.15, 0.2) is 5.78 Å². The predicted molar refractivity (Wildman–Crippen MR) is 82.1 cm³/mol. The summed E-state index contributed by atoms with van der Waals surface area (Å²) in [6, 6.07) is 14.3. The van der Waals surface area contributed by atoms with E-state index in [2.05, 4.69) is 0 Å². The van der Waals surface area contributed by atoms with Gasteiger partial charge in [0.05, 0.1) is 10.3 Å². The van der Waals surface area contributed by atoms with Gasteiger partial charge in [-0.1, -0.05) is 30.3 Å². The third kappa shape index (κ3) is 3.60. The van der Waals surface area contributed by atoms with Crippen molar-refractivity contribution in [3.8, 4) is 0 Å². The number of rotatable bonds is 5. The first-order valence-corrected chi connectivity index (χ1v) is 6.99. The van der Waals surface area contributed by atoms with E-state index in [1.807, 2.05) is 18.2 Å². The van der Waals surface area contributed by atoms with Crippen molar-refractivity contribution < 1.29 is 9.72 Å². The monoisotopic (exact) mass is 323 g/mol. The van der Waals surface area contributed by atoms with Crippen LogP contribution in [0.4, 0.5) is 5.69 Å². The lowest BCUT2D eigenvalue weighted by atomic mass is 10.0. The van der Waals surface area contributed by atoms with E-state index in [1.54, 1.807) is 12.1 Å². The normalized spacial score (nSPS) is 13.4. The van der Waals surface area contributed by atoms with Gasteiger partial charge in [-0.05, 0) is 17.7 Å². The highest BCUT2D eigenvalue weighted by molar-refractivity contribution is 6.39. The molecule has 0 radical (unpaired) electrons. The second-order valence-corrected chi connectivity index (χ2v) is 5.32. The van der Waals surface area contributed by atoms with Gasteiger partial charge in [0.1, 0.15) is 5.38 Å². The zero-order valence-electron chi connectivity index (χ0n) is 10.8. The van der Waals surface area contributed by atoms with Crippen LogP contribution in [0.25, 0.3) is 0 Å². The highest BCUT2D eigenvalue weighted by Crippen LogP contribution is 2.30. The van der Waals surface area contributed by atoms with Crippen molar-refractivity contribution in [2.75, 3.05) is 0 Å². The lowest BCUT2D eigenvalue weighted by Crippen LogP contribution is -2.20. The van der Waals surface area contributed by atoms with Crippen molar-refractivity contribution in [2.45, 2.75) is 10.8 Å². The van der Waals surface area contributed by atoms with Gasteiger partial charge < -0.3 is 0 Å². The van der Waals surface area contributed by atoms with Gasteiger partial charge in [-0.3, -0.25) is 14.9 Å². The Morgan fingerprint density at radius 3 is 2.10 bits per heavy atom. The van der Waals surface area contributed by atoms with Crippen molar-refractivity contribution in [3.05, 3.63) is 75.8 Å². The van der Waals surface area contributed by atoms with Crippen molar-refractivity contribution in [3.63, 3.8) is 0 Å². The summed E-state index contributed by atoms with van der Waals surface area (Å²) in [5.41, 5.74) is 0.958. The van der Waals surface area contributed by atoms with Gasteiger partial charge in [0.2, 0.25) is 0 Å². The molecule has 0 heterocycles. The number of Topliss-reactive ketones (excluding diaryl/α,β-unsaturated/α-hetero) is 1. The maximum absolute atomic E-state index is 12.3. The fourth-order valence-corrected chi connectivity index (χ4v) is 2.38. The van der Waals surface area contributed by atoms with Crippen molar-refractivity contribution in [1.82, 2.24) is 0 Å². The molecule has 0 aliphatic rings. The van der Waals surface area contributed by atoms with Gasteiger partial charge in [-0.15, -0.1) is 23.2 Å². The molecule has 0 bridgehead atoms. The number of non-ortho nitro benzene ring substituents is 1. The molecule has 2 aromatic rings. The molecule has 2 aromatic carbocycles. The lowest BCUT2D eigenvalue weighted by molar-refractivity contribution is -0.384. The van der Waals surface area contributed by atoms with Crippen LogP contribution in [0, 0.1) is 10.1 Å². The fraction of sp³-hybridized carbons (Fsp3) is 0.133. The molecule has 0 amide bonds. The second kappa shape index (κ2) is 6.70. The topological polar surface area (TPSA) is 60.2 Å². The smallest absolute Gasteiger partial charge is 0.269 e. The van der Waals surface area contributed by atoms with Crippen LogP contribution in [0.5, 0.6) is 0 Å². The van der Waals surface area contributed by atoms with E-state index >= 15 is 0 Å². The van der Waals surface area contributed by atoms with Crippen LogP contribution < -0.4 is 0 Å². The number of hydrogen-bond acceptors (Lipinski definition) is 3. The summed E-state index contributed by atoms with van der Waals surface area (Å²) in [6.45, 7) is 0. The maximum Gasteiger partial charge on any atom is 0.269 e. The average molecular weight is 324 g/mol. The molecule has 0 saturated carbocycles. The molecule has 0 spiro atoms. The molecular formula is C15H11Cl2NO3. The molecule has 21 heavy (non-hydrogen) atoms.